The van der Waals surface area contributed by atoms with Crippen LogP contribution >= 0.6 is 23.2 Å². The van der Waals surface area contributed by atoms with Gasteiger partial charge in [-0.05, 0) is 38.4 Å². The molecule has 3 heterocycles. The zero-order chi connectivity index (χ0) is 17.6. The minimum atomic E-state index is -0.128. The van der Waals surface area contributed by atoms with Crippen LogP contribution in [0.3, 0.4) is 0 Å². The van der Waals surface area contributed by atoms with Crippen LogP contribution in [0.1, 0.15) is 29.3 Å². The van der Waals surface area contributed by atoms with Crippen LogP contribution in [0.5, 0.6) is 0 Å². The van der Waals surface area contributed by atoms with Crippen LogP contribution in [0.25, 0.3) is 5.69 Å². The number of hydrogen-bond acceptors (Lipinski definition) is 4. The number of halogens is 2. The molecule has 0 bridgehead atoms. The number of fused-ring (bicyclic) bond motifs is 1. The summed E-state index contributed by atoms with van der Waals surface area (Å²) in [4.78, 5) is 21.5. The first-order chi connectivity index (χ1) is 12.0. The summed E-state index contributed by atoms with van der Waals surface area (Å²) >= 11 is 12.5. The zero-order valence-corrected chi connectivity index (χ0v) is 15.5. The standard InChI is InChI=1S/C17H19Cl2N5O/c1-11-20-16(21-24(11)15-13(18)5-2-6-14(15)19)17(25)23-9-8-22-7-3-4-12(22)10-23/h2,5-6,12H,3-4,7-10H2,1H3. The molecule has 0 spiro atoms. The predicted octanol–water partition coefficient (Wildman–Crippen LogP) is 2.80. The van der Waals surface area contributed by atoms with Crippen molar-refractivity contribution in [2.75, 3.05) is 26.2 Å². The number of hydrogen-bond donors (Lipinski definition) is 0. The van der Waals surface area contributed by atoms with Crippen molar-refractivity contribution >= 4 is 29.1 Å². The minimum Gasteiger partial charge on any atom is -0.333 e. The van der Waals surface area contributed by atoms with Gasteiger partial charge in [-0.1, -0.05) is 29.3 Å². The fraction of sp³-hybridized carbons (Fsp3) is 0.471. The van der Waals surface area contributed by atoms with Crippen molar-refractivity contribution in [2.24, 2.45) is 0 Å². The summed E-state index contributed by atoms with van der Waals surface area (Å²) in [6.45, 7) is 5.32. The van der Waals surface area contributed by atoms with Crippen LogP contribution in [-0.2, 0) is 0 Å². The Kier molecular flexibility index (Phi) is 4.43. The molecule has 2 aromatic rings. The molecule has 0 N–H and O–H groups in total. The predicted molar refractivity (Wildman–Crippen MR) is 96.6 cm³/mol. The fourth-order valence-electron chi connectivity index (χ4n) is 3.70. The molecule has 1 atom stereocenters. The van der Waals surface area contributed by atoms with E-state index in [0.717, 1.165) is 32.6 Å². The molecule has 2 aliphatic heterocycles. The number of amides is 1. The Morgan fingerprint density at radius 1 is 1.20 bits per heavy atom. The van der Waals surface area contributed by atoms with Crippen molar-refractivity contribution in [2.45, 2.75) is 25.8 Å². The Bertz CT molecular complexity index is 801. The lowest BCUT2D eigenvalue weighted by molar-refractivity contribution is 0.0560. The van der Waals surface area contributed by atoms with E-state index in [0.29, 0.717) is 27.6 Å². The van der Waals surface area contributed by atoms with E-state index in [1.54, 1.807) is 29.8 Å². The highest BCUT2D eigenvalue weighted by Crippen LogP contribution is 2.29. The largest absolute Gasteiger partial charge is 0.333 e. The fourth-order valence-corrected chi connectivity index (χ4v) is 4.26. The Balaban J connectivity index is 1.61. The van der Waals surface area contributed by atoms with E-state index in [-0.39, 0.29) is 11.7 Å². The number of aromatic nitrogens is 3. The quantitative estimate of drug-likeness (QED) is 0.804. The van der Waals surface area contributed by atoms with Crippen LogP contribution in [0.4, 0.5) is 0 Å². The maximum Gasteiger partial charge on any atom is 0.293 e. The number of aryl methyl sites for hydroxylation is 1. The molecule has 0 radical (unpaired) electrons. The molecule has 0 aliphatic carbocycles. The molecular weight excluding hydrogens is 361 g/mol. The smallest absolute Gasteiger partial charge is 0.293 e. The second-order valence-electron chi connectivity index (χ2n) is 6.55. The Morgan fingerprint density at radius 3 is 2.72 bits per heavy atom. The molecule has 4 rings (SSSR count). The van der Waals surface area contributed by atoms with Crippen LogP contribution in [0, 0.1) is 6.92 Å². The van der Waals surface area contributed by atoms with Gasteiger partial charge in [-0.25, -0.2) is 9.67 Å². The Morgan fingerprint density at radius 2 is 1.96 bits per heavy atom. The van der Waals surface area contributed by atoms with Crippen molar-refractivity contribution < 1.29 is 4.79 Å². The average molecular weight is 380 g/mol. The van der Waals surface area contributed by atoms with Crippen molar-refractivity contribution in [1.82, 2.24) is 24.6 Å². The topological polar surface area (TPSA) is 54.3 Å². The number of carbonyl (C=O) groups is 1. The van der Waals surface area contributed by atoms with Gasteiger partial charge in [0.25, 0.3) is 5.91 Å². The molecule has 1 unspecified atom stereocenters. The van der Waals surface area contributed by atoms with Gasteiger partial charge in [-0.15, -0.1) is 5.10 Å². The van der Waals surface area contributed by atoms with Gasteiger partial charge in [0.1, 0.15) is 11.5 Å². The summed E-state index contributed by atoms with van der Waals surface area (Å²) in [7, 11) is 0. The number of benzene rings is 1. The summed E-state index contributed by atoms with van der Waals surface area (Å²) in [6.07, 6.45) is 2.36. The molecule has 1 aromatic heterocycles. The molecule has 8 heteroatoms. The number of rotatable bonds is 2. The summed E-state index contributed by atoms with van der Waals surface area (Å²) in [5.41, 5.74) is 0.551. The lowest BCUT2D eigenvalue weighted by Crippen LogP contribution is -2.52. The second kappa shape index (κ2) is 6.59. The van der Waals surface area contributed by atoms with E-state index in [1.807, 2.05) is 4.90 Å². The van der Waals surface area contributed by atoms with E-state index in [4.69, 9.17) is 23.2 Å². The van der Waals surface area contributed by atoms with Crippen molar-refractivity contribution in [3.8, 4) is 5.69 Å². The highest BCUT2D eigenvalue weighted by atomic mass is 35.5. The van der Waals surface area contributed by atoms with Gasteiger partial charge in [-0.3, -0.25) is 9.69 Å². The molecule has 0 saturated carbocycles. The first kappa shape index (κ1) is 16.8. The van der Waals surface area contributed by atoms with Crippen LogP contribution < -0.4 is 0 Å². The van der Waals surface area contributed by atoms with E-state index < -0.39 is 0 Å². The molecule has 25 heavy (non-hydrogen) atoms. The van der Waals surface area contributed by atoms with Gasteiger partial charge in [0.15, 0.2) is 0 Å². The van der Waals surface area contributed by atoms with Crippen LogP contribution in [0.15, 0.2) is 18.2 Å². The van der Waals surface area contributed by atoms with Crippen LogP contribution in [-0.4, -0.2) is 62.7 Å². The number of carbonyl (C=O) groups excluding carboxylic acids is 1. The highest BCUT2D eigenvalue weighted by Gasteiger charge is 2.34. The first-order valence-electron chi connectivity index (χ1n) is 8.46. The second-order valence-corrected chi connectivity index (χ2v) is 7.36. The van der Waals surface area contributed by atoms with Gasteiger partial charge < -0.3 is 4.90 Å². The third kappa shape index (κ3) is 3.03. The average Bonchev–Trinajstić information content (AvgIpc) is 3.20. The first-order valence-corrected chi connectivity index (χ1v) is 9.21. The normalized spacial score (nSPS) is 20.8. The molecule has 2 saturated heterocycles. The molecule has 132 valence electrons. The van der Waals surface area contributed by atoms with E-state index in [2.05, 4.69) is 15.0 Å². The van der Waals surface area contributed by atoms with E-state index in [9.17, 15) is 4.79 Å². The van der Waals surface area contributed by atoms with Gasteiger partial charge >= 0.3 is 0 Å². The monoisotopic (exact) mass is 379 g/mol. The van der Waals surface area contributed by atoms with Gasteiger partial charge in [0.05, 0.1) is 10.0 Å². The van der Waals surface area contributed by atoms with Crippen molar-refractivity contribution in [3.63, 3.8) is 0 Å². The Hall–Kier alpha value is -1.63. The molecule has 1 aromatic carbocycles. The van der Waals surface area contributed by atoms with Gasteiger partial charge in [0, 0.05) is 25.7 Å². The molecule has 1 amide bonds. The molecule has 6 nitrogen and oxygen atoms in total. The molecule has 2 fully saturated rings. The summed E-state index contributed by atoms with van der Waals surface area (Å²) in [5.74, 6) is 0.648. The van der Waals surface area contributed by atoms with E-state index in [1.165, 1.54) is 6.42 Å². The zero-order valence-electron chi connectivity index (χ0n) is 14.0. The maximum atomic E-state index is 12.9. The van der Waals surface area contributed by atoms with E-state index >= 15 is 0 Å². The highest BCUT2D eigenvalue weighted by molar-refractivity contribution is 6.37. The molecule has 2 aliphatic rings. The maximum absolute atomic E-state index is 12.9. The van der Waals surface area contributed by atoms with Gasteiger partial charge in [-0.2, -0.15) is 0 Å². The lowest BCUT2D eigenvalue weighted by atomic mass is 10.1. The van der Waals surface area contributed by atoms with Gasteiger partial charge in [0.2, 0.25) is 5.82 Å². The van der Waals surface area contributed by atoms with Crippen LogP contribution in [0.2, 0.25) is 10.0 Å². The number of nitrogens with zero attached hydrogens (tertiary/aromatic N) is 5. The Labute approximate surface area is 156 Å². The number of piperazine rings is 1. The van der Waals surface area contributed by atoms with Crippen molar-refractivity contribution in [1.29, 1.82) is 0 Å². The lowest BCUT2D eigenvalue weighted by Gasteiger charge is -2.36. The molecular formula is C17H19Cl2N5O. The minimum absolute atomic E-state index is 0.128. The van der Waals surface area contributed by atoms with Crippen molar-refractivity contribution in [3.05, 3.63) is 39.9 Å². The number of para-hydroxylation sites is 1. The summed E-state index contributed by atoms with van der Waals surface area (Å²) < 4.78 is 1.55. The SMILES string of the molecule is Cc1nc(C(=O)N2CCN3CCCC3C2)nn1-c1c(Cl)cccc1Cl. The summed E-state index contributed by atoms with van der Waals surface area (Å²) in [5, 5.41) is 5.34. The third-order valence-electron chi connectivity index (χ3n) is 4.98. The summed E-state index contributed by atoms with van der Waals surface area (Å²) in [6, 6.07) is 5.72. The third-order valence-corrected chi connectivity index (χ3v) is 5.59.